The third kappa shape index (κ3) is 3.96. The Bertz CT molecular complexity index is 367. The predicted octanol–water partition coefficient (Wildman–Crippen LogP) is 1.66. The molecule has 17 heavy (non-hydrogen) atoms. The lowest BCUT2D eigenvalue weighted by molar-refractivity contribution is -0.0864. The number of benzene rings is 1. The van der Waals surface area contributed by atoms with Crippen LogP contribution in [0.1, 0.15) is 5.56 Å². The van der Waals surface area contributed by atoms with Crippen molar-refractivity contribution in [2.75, 3.05) is 26.4 Å². The summed E-state index contributed by atoms with van der Waals surface area (Å²) < 4.78 is 11.8. The minimum atomic E-state index is 0.109. The van der Waals surface area contributed by atoms with Crippen LogP contribution in [0.4, 0.5) is 0 Å². The first-order valence-electron chi connectivity index (χ1n) is 5.63. The van der Waals surface area contributed by atoms with Crippen LogP contribution in [-0.2, 0) is 16.0 Å². The lowest BCUT2D eigenvalue weighted by Crippen LogP contribution is -2.37. The van der Waals surface area contributed by atoms with E-state index in [1.54, 1.807) is 6.07 Å². The molecule has 0 saturated carbocycles. The van der Waals surface area contributed by atoms with Crippen molar-refractivity contribution in [3.8, 4) is 5.75 Å². The molecule has 1 saturated heterocycles. The van der Waals surface area contributed by atoms with Gasteiger partial charge in [0.05, 0.1) is 25.9 Å². The molecule has 1 aromatic rings. The maximum absolute atomic E-state index is 9.66. The van der Waals surface area contributed by atoms with E-state index in [0.717, 1.165) is 16.6 Å². The van der Waals surface area contributed by atoms with Crippen molar-refractivity contribution < 1.29 is 14.6 Å². The molecule has 0 spiro atoms. The first kappa shape index (κ1) is 12.8. The van der Waals surface area contributed by atoms with Crippen molar-refractivity contribution in [3.05, 3.63) is 28.2 Å². The lowest BCUT2D eigenvalue weighted by atomic mass is 10.2. The van der Waals surface area contributed by atoms with E-state index < -0.39 is 0 Å². The van der Waals surface area contributed by atoms with Crippen LogP contribution in [0.3, 0.4) is 0 Å². The Morgan fingerprint density at radius 1 is 1.41 bits per heavy atom. The Balaban J connectivity index is 1.79. The van der Waals surface area contributed by atoms with Gasteiger partial charge in [0, 0.05) is 23.1 Å². The number of phenolic OH excluding ortho intramolecular Hbond substituents is 1. The Hall–Kier alpha value is -0.620. The summed E-state index contributed by atoms with van der Waals surface area (Å²) in [6.07, 6.45) is 0.109. The summed E-state index contributed by atoms with van der Waals surface area (Å²) in [6, 6.07) is 5.40. The molecule has 0 amide bonds. The van der Waals surface area contributed by atoms with Crippen LogP contribution in [0, 0.1) is 0 Å². The highest BCUT2D eigenvalue weighted by Crippen LogP contribution is 2.21. The molecule has 1 aliphatic heterocycles. The van der Waals surface area contributed by atoms with Gasteiger partial charge in [-0.2, -0.15) is 0 Å². The monoisotopic (exact) mass is 301 g/mol. The smallest absolute Gasteiger partial charge is 0.120 e. The Labute approximate surface area is 109 Å². The second kappa shape index (κ2) is 6.35. The zero-order valence-electron chi connectivity index (χ0n) is 9.49. The van der Waals surface area contributed by atoms with E-state index in [0.29, 0.717) is 32.1 Å². The van der Waals surface area contributed by atoms with E-state index in [2.05, 4.69) is 21.2 Å². The van der Waals surface area contributed by atoms with E-state index in [1.165, 1.54) is 0 Å². The lowest BCUT2D eigenvalue weighted by Gasteiger charge is -2.23. The Morgan fingerprint density at radius 3 is 3.06 bits per heavy atom. The molecule has 1 heterocycles. The molecule has 1 aromatic carbocycles. The summed E-state index contributed by atoms with van der Waals surface area (Å²) in [5.41, 5.74) is 0.871. The van der Waals surface area contributed by atoms with Crippen LogP contribution in [0.25, 0.3) is 0 Å². The van der Waals surface area contributed by atoms with E-state index in [9.17, 15) is 5.11 Å². The minimum Gasteiger partial charge on any atom is -0.508 e. The number of nitrogens with one attached hydrogen (secondary N) is 1. The normalized spacial score (nSPS) is 20.4. The van der Waals surface area contributed by atoms with Crippen molar-refractivity contribution >= 4 is 15.9 Å². The van der Waals surface area contributed by atoms with Gasteiger partial charge in [-0.1, -0.05) is 15.9 Å². The number of hydrogen-bond donors (Lipinski definition) is 2. The molecule has 2 N–H and O–H groups in total. The maximum Gasteiger partial charge on any atom is 0.120 e. The summed E-state index contributed by atoms with van der Waals surface area (Å²) in [5.74, 6) is 0.307. The van der Waals surface area contributed by atoms with Gasteiger partial charge in [0.2, 0.25) is 0 Å². The second-order valence-corrected chi connectivity index (χ2v) is 4.89. The molecule has 4 nitrogen and oxygen atoms in total. The molecule has 1 unspecified atom stereocenters. The minimum absolute atomic E-state index is 0.109. The molecule has 5 heteroatoms. The van der Waals surface area contributed by atoms with Crippen LogP contribution in [-0.4, -0.2) is 37.6 Å². The van der Waals surface area contributed by atoms with E-state index in [1.807, 2.05) is 12.1 Å². The van der Waals surface area contributed by atoms with Gasteiger partial charge in [-0.3, -0.25) is 0 Å². The Morgan fingerprint density at radius 2 is 2.29 bits per heavy atom. The average molecular weight is 302 g/mol. The van der Waals surface area contributed by atoms with Crippen LogP contribution in [0.2, 0.25) is 0 Å². The first-order chi connectivity index (χ1) is 8.25. The number of hydrogen-bond acceptors (Lipinski definition) is 4. The molecule has 94 valence electrons. The van der Waals surface area contributed by atoms with Crippen molar-refractivity contribution in [2.45, 2.75) is 12.6 Å². The standard InChI is InChI=1S/C12H16BrNO3/c13-10-1-2-12(15)9(5-10)6-14-7-11-8-16-3-4-17-11/h1-2,5,11,14-15H,3-4,6-8H2. The van der Waals surface area contributed by atoms with Gasteiger partial charge in [-0.25, -0.2) is 0 Å². The third-order valence-corrected chi connectivity index (χ3v) is 3.11. The molecule has 2 rings (SSSR count). The first-order valence-corrected chi connectivity index (χ1v) is 6.42. The summed E-state index contributed by atoms with van der Waals surface area (Å²) in [7, 11) is 0. The molecule has 0 bridgehead atoms. The van der Waals surface area contributed by atoms with E-state index in [4.69, 9.17) is 9.47 Å². The fraction of sp³-hybridized carbons (Fsp3) is 0.500. The molecule has 0 aromatic heterocycles. The summed E-state index contributed by atoms with van der Waals surface area (Å²) in [6.45, 7) is 3.33. The van der Waals surface area contributed by atoms with Gasteiger partial charge in [0.15, 0.2) is 0 Å². The van der Waals surface area contributed by atoms with Gasteiger partial charge in [-0.05, 0) is 18.2 Å². The molecule has 1 atom stereocenters. The van der Waals surface area contributed by atoms with Crippen LogP contribution < -0.4 is 5.32 Å². The number of ether oxygens (including phenoxy) is 2. The van der Waals surface area contributed by atoms with Crippen molar-refractivity contribution in [3.63, 3.8) is 0 Å². The quantitative estimate of drug-likeness (QED) is 0.888. The van der Waals surface area contributed by atoms with Crippen molar-refractivity contribution in [1.82, 2.24) is 5.32 Å². The SMILES string of the molecule is Oc1ccc(Br)cc1CNCC1COCCO1. The second-order valence-electron chi connectivity index (χ2n) is 3.97. The molecule has 0 radical (unpaired) electrons. The van der Waals surface area contributed by atoms with Crippen LogP contribution >= 0.6 is 15.9 Å². The topological polar surface area (TPSA) is 50.7 Å². The van der Waals surface area contributed by atoms with Gasteiger partial charge in [0.25, 0.3) is 0 Å². The van der Waals surface area contributed by atoms with Crippen molar-refractivity contribution in [2.24, 2.45) is 0 Å². The number of halogens is 1. The predicted molar refractivity (Wildman–Crippen MR) is 68.1 cm³/mol. The highest BCUT2D eigenvalue weighted by Gasteiger charge is 2.13. The van der Waals surface area contributed by atoms with Gasteiger partial charge < -0.3 is 19.9 Å². The largest absolute Gasteiger partial charge is 0.508 e. The summed E-state index contributed by atoms with van der Waals surface area (Å²) in [4.78, 5) is 0. The Kier molecular flexibility index (Phi) is 4.79. The highest BCUT2D eigenvalue weighted by atomic mass is 79.9. The molecular formula is C12H16BrNO3. The van der Waals surface area contributed by atoms with Crippen LogP contribution in [0.15, 0.2) is 22.7 Å². The van der Waals surface area contributed by atoms with E-state index >= 15 is 0 Å². The highest BCUT2D eigenvalue weighted by molar-refractivity contribution is 9.10. The van der Waals surface area contributed by atoms with Gasteiger partial charge in [-0.15, -0.1) is 0 Å². The maximum atomic E-state index is 9.66. The fourth-order valence-corrected chi connectivity index (χ4v) is 2.13. The number of phenols is 1. The van der Waals surface area contributed by atoms with E-state index in [-0.39, 0.29) is 6.10 Å². The van der Waals surface area contributed by atoms with Crippen molar-refractivity contribution in [1.29, 1.82) is 0 Å². The zero-order chi connectivity index (χ0) is 12.1. The van der Waals surface area contributed by atoms with Gasteiger partial charge in [0.1, 0.15) is 5.75 Å². The molecule has 1 aliphatic rings. The molecule has 0 aliphatic carbocycles. The summed E-state index contributed by atoms with van der Waals surface area (Å²) >= 11 is 3.38. The number of aromatic hydroxyl groups is 1. The zero-order valence-corrected chi connectivity index (χ0v) is 11.1. The average Bonchev–Trinajstić information content (AvgIpc) is 2.35. The van der Waals surface area contributed by atoms with Crippen LogP contribution in [0.5, 0.6) is 5.75 Å². The third-order valence-electron chi connectivity index (χ3n) is 2.61. The number of rotatable bonds is 4. The molecule has 1 fully saturated rings. The molecular weight excluding hydrogens is 286 g/mol. The summed E-state index contributed by atoms with van der Waals surface area (Å²) in [5, 5.41) is 12.9. The fourth-order valence-electron chi connectivity index (χ4n) is 1.72. The van der Waals surface area contributed by atoms with Gasteiger partial charge >= 0.3 is 0 Å².